The van der Waals surface area contributed by atoms with Gasteiger partial charge in [-0.3, -0.25) is 14.9 Å². The number of nitrogens with one attached hydrogen (secondary N) is 2. The lowest BCUT2D eigenvalue weighted by Crippen LogP contribution is -2.34. The minimum absolute atomic E-state index is 0.0192. The fourth-order valence-corrected chi connectivity index (χ4v) is 2.47. The van der Waals surface area contributed by atoms with Crippen molar-refractivity contribution in [1.82, 2.24) is 10.3 Å². The van der Waals surface area contributed by atoms with E-state index >= 15 is 0 Å². The summed E-state index contributed by atoms with van der Waals surface area (Å²) >= 11 is 1.34. The van der Waals surface area contributed by atoms with Crippen LogP contribution in [0.4, 0.5) is 11.4 Å². The molecule has 0 atom stereocenters. The molecular weight excluding hydrogens is 280 g/mol. The number of carbonyl (C=O) groups is 1. The number of hydrogen-bond acceptors (Lipinski definition) is 6. The first-order valence-electron chi connectivity index (χ1n) is 6.03. The Morgan fingerprint density at radius 2 is 2.25 bits per heavy atom. The summed E-state index contributed by atoms with van der Waals surface area (Å²) in [6.07, 6.45) is 0. The third-order valence-electron chi connectivity index (χ3n) is 2.55. The highest BCUT2D eigenvalue weighted by Crippen LogP contribution is 2.34. The van der Waals surface area contributed by atoms with Gasteiger partial charge in [0.15, 0.2) is 5.52 Å². The van der Waals surface area contributed by atoms with Crippen LogP contribution < -0.4 is 10.6 Å². The quantitative estimate of drug-likeness (QED) is 0.650. The van der Waals surface area contributed by atoms with Gasteiger partial charge in [0.1, 0.15) is 5.69 Å². The second-order valence-electron chi connectivity index (χ2n) is 4.49. The molecule has 0 saturated heterocycles. The molecule has 1 aromatic heterocycles. The van der Waals surface area contributed by atoms with E-state index in [1.807, 2.05) is 13.8 Å². The molecule has 1 amide bonds. The summed E-state index contributed by atoms with van der Waals surface area (Å²) in [7, 11) is 0. The summed E-state index contributed by atoms with van der Waals surface area (Å²) in [6, 6.07) is 3.38. The maximum Gasteiger partial charge on any atom is 0.319 e. The van der Waals surface area contributed by atoms with Crippen LogP contribution in [-0.2, 0) is 4.79 Å². The van der Waals surface area contributed by atoms with Crippen molar-refractivity contribution < 1.29 is 9.72 Å². The molecule has 2 aromatic rings. The Kier molecular flexibility index (Phi) is 4.14. The van der Waals surface area contributed by atoms with E-state index in [1.54, 1.807) is 17.6 Å². The number of thiazole rings is 1. The van der Waals surface area contributed by atoms with Crippen LogP contribution in [0.1, 0.15) is 13.8 Å². The Hall–Kier alpha value is -2.22. The number of hydrogen-bond donors (Lipinski definition) is 2. The van der Waals surface area contributed by atoms with Crippen molar-refractivity contribution in [3.8, 4) is 0 Å². The van der Waals surface area contributed by atoms with Crippen LogP contribution in [-0.4, -0.2) is 28.4 Å². The minimum atomic E-state index is -0.481. The monoisotopic (exact) mass is 294 g/mol. The molecule has 0 aliphatic rings. The molecule has 1 heterocycles. The summed E-state index contributed by atoms with van der Waals surface area (Å²) in [6.45, 7) is 3.68. The fourth-order valence-electron chi connectivity index (χ4n) is 1.79. The summed E-state index contributed by atoms with van der Waals surface area (Å²) < 4.78 is 0.744. The van der Waals surface area contributed by atoms with Gasteiger partial charge >= 0.3 is 5.69 Å². The summed E-state index contributed by atoms with van der Waals surface area (Å²) in [5.74, 6) is -0.215. The zero-order chi connectivity index (χ0) is 14.7. The molecule has 0 unspecified atom stereocenters. The first-order valence-corrected chi connectivity index (χ1v) is 6.91. The van der Waals surface area contributed by atoms with E-state index in [0.29, 0.717) is 11.2 Å². The van der Waals surface area contributed by atoms with Crippen molar-refractivity contribution in [2.45, 2.75) is 19.9 Å². The maximum atomic E-state index is 11.6. The van der Waals surface area contributed by atoms with Gasteiger partial charge < -0.3 is 10.6 Å². The second kappa shape index (κ2) is 5.83. The Bertz CT molecular complexity index is 653. The van der Waals surface area contributed by atoms with Crippen molar-refractivity contribution in [2.24, 2.45) is 0 Å². The molecule has 0 saturated carbocycles. The molecule has 7 nitrogen and oxygen atoms in total. The van der Waals surface area contributed by atoms with E-state index in [9.17, 15) is 14.9 Å². The number of fused-ring (bicyclic) bond motifs is 1. The van der Waals surface area contributed by atoms with Crippen molar-refractivity contribution in [3.63, 3.8) is 0 Å². The molecule has 0 bridgehead atoms. The number of carbonyl (C=O) groups excluding carboxylic acids is 1. The fraction of sp³-hybridized carbons (Fsp3) is 0.333. The Labute approximate surface area is 119 Å². The lowest BCUT2D eigenvalue weighted by atomic mass is 10.2. The van der Waals surface area contributed by atoms with Crippen LogP contribution in [0.15, 0.2) is 17.6 Å². The number of rotatable bonds is 5. The van der Waals surface area contributed by atoms with Crippen LogP contribution >= 0.6 is 11.3 Å². The largest absolute Gasteiger partial charge is 0.370 e. The lowest BCUT2D eigenvalue weighted by Gasteiger charge is -2.10. The number of anilines is 1. The van der Waals surface area contributed by atoms with E-state index in [-0.39, 0.29) is 24.2 Å². The minimum Gasteiger partial charge on any atom is -0.370 e. The molecule has 0 spiro atoms. The highest BCUT2D eigenvalue weighted by atomic mass is 32.1. The number of benzene rings is 1. The van der Waals surface area contributed by atoms with Crippen molar-refractivity contribution >= 4 is 38.8 Å². The highest BCUT2D eigenvalue weighted by molar-refractivity contribution is 7.16. The molecular formula is C12H14N4O3S. The number of amides is 1. The molecule has 2 rings (SSSR count). The number of nitro groups is 1. The first-order chi connectivity index (χ1) is 9.49. The Balaban J connectivity index is 2.23. The molecule has 8 heteroatoms. The van der Waals surface area contributed by atoms with Gasteiger partial charge in [-0.15, -0.1) is 11.3 Å². The van der Waals surface area contributed by atoms with E-state index in [4.69, 9.17) is 0 Å². The van der Waals surface area contributed by atoms with Crippen LogP contribution in [0.25, 0.3) is 10.2 Å². The molecule has 20 heavy (non-hydrogen) atoms. The van der Waals surface area contributed by atoms with E-state index in [1.165, 1.54) is 11.3 Å². The van der Waals surface area contributed by atoms with Crippen LogP contribution in [0, 0.1) is 10.1 Å². The summed E-state index contributed by atoms with van der Waals surface area (Å²) in [4.78, 5) is 26.3. The predicted molar refractivity (Wildman–Crippen MR) is 78.0 cm³/mol. The molecule has 0 radical (unpaired) electrons. The van der Waals surface area contributed by atoms with E-state index in [0.717, 1.165) is 4.70 Å². The number of nitrogens with zero attached hydrogens (tertiary/aromatic N) is 2. The zero-order valence-electron chi connectivity index (χ0n) is 11.0. The second-order valence-corrected chi connectivity index (χ2v) is 5.38. The smallest absolute Gasteiger partial charge is 0.319 e. The third kappa shape index (κ3) is 3.02. The van der Waals surface area contributed by atoms with Crippen molar-refractivity contribution in [1.29, 1.82) is 0 Å². The van der Waals surface area contributed by atoms with Crippen LogP contribution in [0.2, 0.25) is 0 Å². The molecule has 0 fully saturated rings. The molecule has 2 N–H and O–H groups in total. The van der Waals surface area contributed by atoms with Gasteiger partial charge in [0.05, 0.1) is 21.7 Å². The van der Waals surface area contributed by atoms with Crippen molar-refractivity contribution in [3.05, 3.63) is 27.8 Å². The zero-order valence-corrected chi connectivity index (χ0v) is 11.9. The van der Waals surface area contributed by atoms with E-state index in [2.05, 4.69) is 15.6 Å². The molecule has 0 aliphatic heterocycles. The van der Waals surface area contributed by atoms with Gasteiger partial charge in [-0.25, -0.2) is 4.98 Å². The van der Waals surface area contributed by atoms with Gasteiger partial charge in [-0.05, 0) is 26.0 Å². The van der Waals surface area contributed by atoms with Gasteiger partial charge in [-0.1, -0.05) is 0 Å². The number of nitro benzene ring substituents is 1. The normalized spacial score (nSPS) is 10.8. The average Bonchev–Trinajstić information content (AvgIpc) is 2.82. The predicted octanol–water partition coefficient (Wildman–Crippen LogP) is 2.14. The number of aromatic nitrogens is 1. The molecule has 106 valence electrons. The van der Waals surface area contributed by atoms with Crippen LogP contribution in [0.5, 0.6) is 0 Å². The van der Waals surface area contributed by atoms with Crippen LogP contribution in [0.3, 0.4) is 0 Å². The molecule has 0 aliphatic carbocycles. The van der Waals surface area contributed by atoms with Gasteiger partial charge in [0.2, 0.25) is 5.91 Å². The first kappa shape index (κ1) is 14.2. The van der Waals surface area contributed by atoms with Crippen molar-refractivity contribution in [2.75, 3.05) is 11.9 Å². The summed E-state index contributed by atoms with van der Waals surface area (Å²) in [5.41, 5.74) is 2.11. The molecule has 1 aromatic carbocycles. The SMILES string of the molecule is CC(C)NC(=O)CNc1ccc2scnc2c1[N+](=O)[O-]. The Morgan fingerprint density at radius 1 is 1.50 bits per heavy atom. The lowest BCUT2D eigenvalue weighted by molar-refractivity contribution is -0.382. The maximum absolute atomic E-state index is 11.6. The highest BCUT2D eigenvalue weighted by Gasteiger charge is 2.20. The topological polar surface area (TPSA) is 97.2 Å². The van der Waals surface area contributed by atoms with E-state index < -0.39 is 4.92 Å². The van der Waals surface area contributed by atoms with Gasteiger partial charge in [-0.2, -0.15) is 0 Å². The standard InChI is InChI=1S/C12H14N4O3S/c1-7(2)15-10(17)5-13-8-3-4-9-11(14-6-20-9)12(8)16(18)19/h3-4,6-7,13H,5H2,1-2H3,(H,15,17). The Morgan fingerprint density at radius 3 is 2.90 bits per heavy atom. The van der Waals surface area contributed by atoms with Gasteiger partial charge in [0, 0.05) is 6.04 Å². The summed E-state index contributed by atoms with van der Waals surface area (Å²) in [5, 5.41) is 16.7. The average molecular weight is 294 g/mol. The third-order valence-corrected chi connectivity index (χ3v) is 3.34. The van der Waals surface area contributed by atoms with Gasteiger partial charge in [0.25, 0.3) is 0 Å².